The lowest BCUT2D eigenvalue weighted by atomic mass is 10.0. The van der Waals surface area contributed by atoms with Crippen molar-refractivity contribution in [3.05, 3.63) is 46.5 Å². The molecule has 8 heteroatoms. The maximum absolute atomic E-state index is 12.9. The fourth-order valence-corrected chi connectivity index (χ4v) is 5.37. The molecule has 1 fully saturated rings. The summed E-state index contributed by atoms with van der Waals surface area (Å²) in [6.45, 7) is 7.55. The normalized spacial score (nSPS) is 20.9. The number of anilines is 2. The van der Waals surface area contributed by atoms with Crippen LogP contribution >= 0.6 is 11.3 Å². The summed E-state index contributed by atoms with van der Waals surface area (Å²) in [5.41, 5.74) is 9.95. The van der Waals surface area contributed by atoms with Crippen LogP contribution in [-0.2, 0) is 6.42 Å². The van der Waals surface area contributed by atoms with Gasteiger partial charge in [-0.1, -0.05) is 6.07 Å². The number of rotatable bonds is 3. The number of nitrogens with zero attached hydrogens (tertiary/aromatic N) is 2. The third-order valence-electron chi connectivity index (χ3n) is 5.97. The zero-order valence-electron chi connectivity index (χ0n) is 17.8. The van der Waals surface area contributed by atoms with Crippen LogP contribution in [0.25, 0.3) is 10.2 Å². The van der Waals surface area contributed by atoms with E-state index in [1.165, 1.54) is 17.0 Å². The largest absolute Gasteiger partial charge is 0.491 e. The van der Waals surface area contributed by atoms with E-state index in [9.17, 15) is 4.79 Å². The monoisotopic (exact) mass is 437 g/mol. The average molecular weight is 438 g/mol. The van der Waals surface area contributed by atoms with Crippen LogP contribution in [0.2, 0.25) is 0 Å². The fourth-order valence-electron chi connectivity index (χ4n) is 4.33. The van der Waals surface area contributed by atoms with Crippen molar-refractivity contribution in [2.45, 2.75) is 32.4 Å². The molecule has 5 rings (SSSR count). The molecule has 1 aromatic carbocycles. The Morgan fingerprint density at radius 3 is 3.06 bits per heavy atom. The molecule has 0 radical (unpaired) electrons. The molecule has 1 amide bonds. The molecule has 0 bridgehead atoms. The van der Waals surface area contributed by atoms with Gasteiger partial charge in [-0.15, -0.1) is 11.3 Å². The number of aromatic nitrogens is 1. The summed E-state index contributed by atoms with van der Waals surface area (Å²) in [4.78, 5) is 21.1. The minimum atomic E-state index is -0.165. The highest BCUT2D eigenvalue weighted by molar-refractivity contribution is 7.21. The second-order valence-corrected chi connectivity index (χ2v) is 9.43. The van der Waals surface area contributed by atoms with E-state index < -0.39 is 0 Å². The summed E-state index contributed by atoms with van der Waals surface area (Å²) in [6.07, 6.45) is 0.738. The smallest absolute Gasteiger partial charge is 0.263 e. The zero-order chi connectivity index (χ0) is 21.5. The van der Waals surface area contributed by atoms with E-state index in [1.54, 1.807) is 0 Å². The maximum Gasteiger partial charge on any atom is 0.263 e. The molecule has 0 aliphatic carbocycles. The molecular weight excluding hydrogens is 410 g/mol. The average Bonchev–Trinajstić information content (AvgIpc) is 3.09. The highest BCUT2D eigenvalue weighted by Crippen LogP contribution is 2.33. The van der Waals surface area contributed by atoms with Crippen LogP contribution in [0.15, 0.2) is 30.3 Å². The number of nitrogens with one attached hydrogen (secondary N) is 2. The Morgan fingerprint density at radius 2 is 2.23 bits per heavy atom. The molecular formula is C23H27N5O2S. The van der Waals surface area contributed by atoms with Gasteiger partial charge in [0.05, 0.1) is 11.7 Å². The minimum Gasteiger partial charge on any atom is -0.491 e. The standard InChI is InChI=1S/C23H27N5O2S/c1-13-3-6-18-20(24)21(31-23(18)26-13)22(29)27-16-9-15-4-5-17(10-19(15)30-12-16)28-8-7-25-14(2)11-28/h3-6,10,14,16,25H,7-9,11-12,24H2,1-2H3,(H,27,29)/t14-,16+/m0/s1. The quantitative estimate of drug-likeness (QED) is 0.584. The molecule has 0 unspecified atom stereocenters. The number of piperazine rings is 1. The van der Waals surface area contributed by atoms with Gasteiger partial charge in [0, 0.05) is 48.5 Å². The number of benzene rings is 1. The summed E-state index contributed by atoms with van der Waals surface area (Å²) in [5, 5.41) is 7.40. The van der Waals surface area contributed by atoms with Crippen molar-refractivity contribution >= 4 is 38.8 Å². The first-order valence-electron chi connectivity index (χ1n) is 10.7. The van der Waals surface area contributed by atoms with Crippen molar-refractivity contribution in [1.29, 1.82) is 0 Å². The first kappa shape index (κ1) is 20.1. The predicted molar refractivity (Wildman–Crippen MR) is 125 cm³/mol. The Morgan fingerprint density at radius 1 is 1.35 bits per heavy atom. The van der Waals surface area contributed by atoms with Crippen LogP contribution < -0.4 is 26.0 Å². The fraction of sp³-hybridized carbons (Fsp3) is 0.391. The lowest BCUT2D eigenvalue weighted by molar-refractivity contribution is 0.0920. The molecule has 2 atom stereocenters. The summed E-state index contributed by atoms with van der Waals surface area (Å²) >= 11 is 1.34. The topological polar surface area (TPSA) is 92.5 Å². The molecule has 1 saturated heterocycles. The Kier molecular flexibility index (Phi) is 5.19. The summed E-state index contributed by atoms with van der Waals surface area (Å²) in [5.74, 6) is 0.747. The van der Waals surface area contributed by atoms with E-state index in [4.69, 9.17) is 10.5 Å². The van der Waals surface area contributed by atoms with Gasteiger partial charge in [-0.3, -0.25) is 4.79 Å². The van der Waals surface area contributed by atoms with Gasteiger partial charge in [-0.05, 0) is 44.0 Å². The molecule has 31 heavy (non-hydrogen) atoms. The third-order valence-corrected chi connectivity index (χ3v) is 7.08. The van der Waals surface area contributed by atoms with Gasteiger partial charge in [0.2, 0.25) is 0 Å². The molecule has 4 N–H and O–H groups in total. The molecule has 0 saturated carbocycles. The predicted octanol–water partition coefficient (Wildman–Crippen LogP) is 2.72. The number of carbonyl (C=O) groups excluding carboxylic acids is 1. The summed E-state index contributed by atoms with van der Waals surface area (Å²) < 4.78 is 6.04. The Labute approximate surface area is 185 Å². The van der Waals surface area contributed by atoms with E-state index in [0.29, 0.717) is 23.2 Å². The summed E-state index contributed by atoms with van der Waals surface area (Å²) in [6, 6.07) is 10.6. The van der Waals surface area contributed by atoms with Crippen molar-refractivity contribution in [1.82, 2.24) is 15.6 Å². The van der Waals surface area contributed by atoms with Crippen LogP contribution in [0.4, 0.5) is 11.4 Å². The Bertz CT molecular complexity index is 1140. The molecule has 2 aromatic heterocycles. The van der Waals surface area contributed by atoms with Crippen molar-refractivity contribution < 1.29 is 9.53 Å². The van der Waals surface area contributed by atoms with Gasteiger partial charge < -0.3 is 26.0 Å². The van der Waals surface area contributed by atoms with Gasteiger partial charge >= 0.3 is 0 Å². The molecule has 2 aliphatic heterocycles. The van der Waals surface area contributed by atoms with E-state index in [-0.39, 0.29) is 11.9 Å². The number of carbonyl (C=O) groups is 1. The number of hydrogen-bond donors (Lipinski definition) is 3. The van der Waals surface area contributed by atoms with E-state index in [0.717, 1.165) is 53.3 Å². The summed E-state index contributed by atoms with van der Waals surface area (Å²) in [7, 11) is 0. The molecule has 0 spiro atoms. The highest BCUT2D eigenvalue weighted by atomic mass is 32.1. The molecule has 4 heterocycles. The zero-order valence-corrected chi connectivity index (χ0v) is 18.6. The van der Waals surface area contributed by atoms with Crippen molar-refractivity contribution in [2.75, 3.05) is 36.9 Å². The van der Waals surface area contributed by atoms with Crippen LogP contribution in [0, 0.1) is 6.92 Å². The number of nitrogen functional groups attached to an aromatic ring is 1. The molecule has 7 nitrogen and oxygen atoms in total. The molecule has 3 aromatic rings. The van der Waals surface area contributed by atoms with Gasteiger partial charge in [-0.2, -0.15) is 0 Å². The minimum absolute atomic E-state index is 0.0932. The molecule has 2 aliphatic rings. The second-order valence-electron chi connectivity index (χ2n) is 8.43. The first-order valence-corrected chi connectivity index (χ1v) is 11.5. The maximum atomic E-state index is 12.9. The molecule has 162 valence electrons. The van der Waals surface area contributed by atoms with Crippen molar-refractivity contribution in [3.8, 4) is 5.75 Å². The lowest BCUT2D eigenvalue weighted by Crippen LogP contribution is -2.49. The third kappa shape index (κ3) is 3.93. The van der Waals surface area contributed by atoms with Gasteiger partial charge in [0.25, 0.3) is 5.91 Å². The number of nitrogens with two attached hydrogens (primary N) is 1. The van der Waals surface area contributed by atoms with Crippen molar-refractivity contribution in [3.63, 3.8) is 0 Å². The van der Waals surface area contributed by atoms with Crippen LogP contribution in [0.1, 0.15) is 27.9 Å². The number of thiophene rings is 1. The Hall–Kier alpha value is -2.84. The van der Waals surface area contributed by atoms with Crippen LogP contribution in [-0.4, -0.2) is 49.2 Å². The number of hydrogen-bond acceptors (Lipinski definition) is 7. The lowest BCUT2D eigenvalue weighted by Gasteiger charge is -2.34. The highest BCUT2D eigenvalue weighted by Gasteiger charge is 2.26. The van der Waals surface area contributed by atoms with Gasteiger partial charge in [0.1, 0.15) is 22.1 Å². The Balaban J connectivity index is 1.29. The number of pyridine rings is 1. The number of ether oxygens (including phenoxy) is 1. The van der Waals surface area contributed by atoms with E-state index in [1.807, 2.05) is 19.1 Å². The van der Waals surface area contributed by atoms with Crippen LogP contribution in [0.5, 0.6) is 5.75 Å². The van der Waals surface area contributed by atoms with Gasteiger partial charge in [0.15, 0.2) is 0 Å². The van der Waals surface area contributed by atoms with Crippen LogP contribution in [0.3, 0.4) is 0 Å². The van der Waals surface area contributed by atoms with Crippen molar-refractivity contribution in [2.24, 2.45) is 0 Å². The second kappa shape index (κ2) is 8.01. The SMILES string of the molecule is Cc1ccc2c(N)c(C(=O)N[C@H]3COc4cc(N5CCN[C@@H](C)C5)ccc4C3)sc2n1. The first-order chi connectivity index (χ1) is 15.0. The number of fused-ring (bicyclic) bond motifs is 2. The van der Waals surface area contributed by atoms with Gasteiger partial charge in [-0.25, -0.2) is 4.98 Å². The van der Waals surface area contributed by atoms with E-state index >= 15 is 0 Å². The number of amides is 1. The van der Waals surface area contributed by atoms with E-state index in [2.05, 4.69) is 45.6 Å². The number of aryl methyl sites for hydroxylation is 1.